The van der Waals surface area contributed by atoms with Crippen molar-refractivity contribution in [3.8, 4) is 11.5 Å². The van der Waals surface area contributed by atoms with Crippen molar-refractivity contribution in [3.63, 3.8) is 0 Å². The molecule has 0 radical (unpaired) electrons. The average Bonchev–Trinajstić information content (AvgIpc) is 3.05. The van der Waals surface area contributed by atoms with Crippen LogP contribution in [0.25, 0.3) is 10.9 Å². The molecule has 0 unspecified atom stereocenters. The lowest BCUT2D eigenvalue weighted by molar-refractivity contribution is 0.218. The summed E-state index contributed by atoms with van der Waals surface area (Å²) in [5.74, 6) is 1.54. The maximum Gasteiger partial charge on any atom is 0.161 e. The van der Waals surface area contributed by atoms with E-state index in [0.29, 0.717) is 6.61 Å². The Kier molecular flexibility index (Phi) is 5.12. The number of ether oxygens (including phenoxy) is 2. The summed E-state index contributed by atoms with van der Waals surface area (Å²) in [7, 11) is 1.67. The first kappa shape index (κ1) is 17.0. The van der Waals surface area contributed by atoms with Gasteiger partial charge in [-0.1, -0.05) is 36.8 Å². The summed E-state index contributed by atoms with van der Waals surface area (Å²) < 4.78 is 11.5. The number of para-hydroxylation sites is 3. The van der Waals surface area contributed by atoms with Gasteiger partial charge >= 0.3 is 0 Å². The second kappa shape index (κ2) is 7.83. The monoisotopic (exact) mass is 350 g/mol. The highest BCUT2D eigenvalue weighted by atomic mass is 16.5. The van der Waals surface area contributed by atoms with Crippen LogP contribution in [-0.4, -0.2) is 30.1 Å². The van der Waals surface area contributed by atoms with Crippen molar-refractivity contribution >= 4 is 10.9 Å². The molecule has 0 bridgehead atoms. The number of benzene rings is 2. The number of nitrogens with zero attached hydrogens (tertiary/aromatic N) is 1. The Balaban J connectivity index is 1.60. The van der Waals surface area contributed by atoms with E-state index >= 15 is 0 Å². The number of rotatable bonds is 6. The number of hydrogen-bond acceptors (Lipinski definition) is 3. The second-order valence-electron chi connectivity index (χ2n) is 6.90. The first-order chi connectivity index (χ1) is 12.8. The maximum atomic E-state index is 6.10. The molecule has 1 aliphatic heterocycles. The van der Waals surface area contributed by atoms with Crippen molar-refractivity contribution < 1.29 is 9.47 Å². The molecule has 26 heavy (non-hydrogen) atoms. The van der Waals surface area contributed by atoms with Crippen molar-refractivity contribution in [2.75, 3.05) is 20.2 Å². The predicted octanol–water partition coefficient (Wildman–Crippen LogP) is 4.74. The predicted molar refractivity (Wildman–Crippen MR) is 105 cm³/mol. The van der Waals surface area contributed by atoms with Crippen LogP contribution >= 0.6 is 0 Å². The van der Waals surface area contributed by atoms with Crippen molar-refractivity contribution in [2.24, 2.45) is 0 Å². The van der Waals surface area contributed by atoms with Gasteiger partial charge in [0.25, 0.3) is 0 Å². The van der Waals surface area contributed by atoms with Gasteiger partial charge in [-0.3, -0.25) is 4.90 Å². The van der Waals surface area contributed by atoms with Crippen LogP contribution in [-0.2, 0) is 13.2 Å². The fraction of sp³-hybridized carbons (Fsp3) is 0.364. The van der Waals surface area contributed by atoms with Gasteiger partial charge in [-0.25, -0.2) is 0 Å². The SMILES string of the molecule is COc1ccccc1OCc1[nH]c2ccccc2c1CN1CCCCC1. The van der Waals surface area contributed by atoms with E-state index in [1.165, 1.54) is 48.8 Å². The number of H-pyrrole nitrogens is 1. The number of methoxy groups -OCH3 is 1. The Bertz CT molecular complexity index is 865. The molecule has 0 amide bonds. The summed E-state index contributed by atoms with van der Waals surface area (Å²) in [5.41, 5.74) is 3.69. The molecule has 0 atom stereocenters. The third-order valence-electron chi connectivity index (χ3n) is 5.17. The van der Waals surface area contributed by atoms with Gasteiger partial charge in [-0.2, -0.15) is 0 Å². The van der Waals surface area contributed by atoms with Gasteiger partial charge in [0.1, 0.15) is 6.61 Å². The van der Waals surface area contributed by atoms with E-state index in [-0.39, 0.29) is 0 Å². The summed E-state index contributed by atoms with van der Waals surface area (Å²) in [4.78, 5) is 6.13. The third kappa shape index (κ3) is 3.56. The Hall–Kier alpha value is -2.46. The van der Waals surface area contributed by atoms with Gasteiger partial charge in [-0.05, 0) is 49.7 Å². The average molecular weight is 350 g/mol. The number of aromatic amines is 1. The number of aromatic nitrogens is 1. The standard InChI is InChI=1S/C22H26N2O2/c1-25-21-11-5-6-12-22(21)26-16-20-18(15-24-13-7-2-8-14-24)17-9-3-4-10-19(17)23-20/h3-6,9-12,23H,2,7-8,13-16H2,1H3. The molecule has 4 rings (SSSR count). The zero-order chi connectivity index (χ0) is 17.8. The Morgan fingerprint density at radius 3 is 2.46 bits per heavy atom. The highest BCUT2D eigenvalue weighted by Gasteiger charge is 2.17. The Morgan fingerprint density at radius 2 is 1.65 bits per heavy atom. The number of hydrogen-bond donors (Lipinski definition) is 1. The number of piperidine rings is 1. The van der Waals surface area contributed by atoms with E-state index in [0.717, 1.165) is 23.7 Å². The summed E-state index contributed by atoms with van der Waals surface area (Å²) in [6, 6.07) is 16.3. The van der Waals surface area contributed by atoms with Crippen LogP contribution in [0.15, 0.2) is 48.5 Å². The lowest BCUT2D eigenvalue weighted by Crippen LogP contribution is -2.29. The van der Waals surface area contributed by atoms with Crippen LogP contribution < -0.4 is 9.47 Å². The second-order valence-corrected chi connectivity index (χ2v) is 6.90. The van der Waals surface area contributed by atoms with Gasteiger partial charge in [0, 0.05) is 17.4 Å². The molecule has 1 aliphatic rings. The molecule has 1 aromatic heterocycles. The van der Waals surface area contributed by atoms with Crippen LogP contribution in [0.3, 0.4) is 0 Å². The van der Waals surface area contributed by atoms with Gasteiger partial charge in [0.2, 0.25) is 0 Å². The molecule has 136 valence electrons. The molecule has 4 nitrogen and oxygen atoms in total. The van der Waals surface area contributed by atoms with Gasteiger partial charge in [-0.15, -0.1) is 0 Å². The minimum atomic E-state index is 0.512. The minimum Gasteiger partial charge on any atom is -0.493 e. The quantitative estimate of drug-likeness (QED) is 0.698. The van der Waals surface area contributed by atoms with E-state index in [9.17, 15) is 0 Å². The van der Waals surface area contributed by atoms with Gasteiger partial charge in [0.05, 0.1) is 12.8 Å². The van der Waals surface area contributed by atoms with Crippen LogP contribution in [0.5, 0.6) is 11.5 Å². The Labute approximate surface area is 154 Å². The molecule has 0 saturated carbocycles. The van der Waals surface area contributed by atoms with E-state index in [1.807, 2.05) is 24.3 Å². The smallest absolute Gasteiger partial charge is 0.161 e. The first-order valence-corrected chi connectivity index (χ1v) is 9.42. The van der Waals surface area contributed by atoms with Crippen molar-refractivity contribution in [3.05, 3.63) is 59.8 Å². The van der Waals surface area contributed by atoms with Crippen LogP contribution in [0, 0.1) is 0 Å². The van der Waals surface area contributed by atoms with Crippen molar-refractivity contribution in [1.82, 2.24) is 9.88 Å². The fourth-order valence-electron chi connectivity index (χ4n) is 3.79. The number of likely N-dealkylation sites (tertiary alicyclic amines) is 1. The van der Waals surface area contributed by atoms with Gasteiger partial charge in [0.15, 0.2) is 11.5 Å². The first-order valence-electron chi connectivity index (χ1n) is 9.42. The highest BCUT2D eigenvalue weighted by molar-refractivity contribution is 5.84. The van der Waals surface area contributed by atoms with Crippen LogP contribution in [0.1, 0.15) is 30.5 Å². The summed E-state index contributed by atoms with van der Waals surface area (Å²) in [5, 5.41) is 1.30. The molecular weight excluding hydrogens is 324 g/mol. The van der Waals surface area contributed by atoms with E-state index in [4.69, 9.17) is 9.47 Å². The molecule has 0 aliphatic carbocycles. The maximum absolute atomic E-state index is 6.10. The zero-order valence-corrected chi connectivity index (χ0v) is 15.3. The summed E-state index contributed by atoms with van der Waals surface area (Å²) in [6.07, 6.45) is 3.96. The number of fused-ring (bicyclic) bond motifs is 1. The molecule has 1 saturated heterocycles. The molecule has 1 fully saturated rings. The molecule has 2 heterocycles. The van der Waals surface area contributed by atoms with E-state index < -0.39 is 0 Å². The van der Waals surface area contributed by atoms with Crippen molar-refractivity contribution in [2.45, 2.75) is 32.4 Å². The van der Waals surface area contributed by atoms with E-state index in [1.54, 1.807) is 7.11 Å². The van der Waals surface area contributed by atoms with E-state index in [2.05, 4.69) is 34.1 Å². The summed E-state index contributed by atoms with van der Waals surface area (Å²) in [6.45, 7) is 3.87. The Morgan fingerprint density at radius 1 is 0.923 bits per heavy atom. The lowest BCUT2D eigenvalue weighted by atomic mass is 10.1. The largest absolute Gasteiger partial charge is 0.493 e. The number of nitrogens with one attached hydrogen (secondary N) is 1. The zero-order valence-electron chi connectivity index (χ0n) is 15.3. The normalized spacial score (nSPS) is 15.3. The molecule has 2 aromatic carbocycles. The highest BCUT2D eigenvalue weighted by Crippen LogP contribution is 2.29. The third-order valence-corrected chi connectivity index (χ3v) is 5.17. The fourth-order valence-corrected chi connectivity index (χ4v) is 3.79. The van der Waals surface area contributed by atoms with Crippen LogP contribution in [0.4, 0.5) is 0 Å². The minimum absolute atomic E-state index is 0.512. The molecule has 3 aromatic rings. The van der Waals surface area contributed by atoms with Crippen LogP contribution in [0.2, 0.25) is 0 Å². The summed E-state index contributed by atoms with van der Waals surface area (Å²) >= 11 is 0. The molecular formula is C22H26N2O2. The molecule has 0 spiro atoms. The van der Waals surface area contributed by atoms with Gasteiger partial charge < -0.3 is 14.5 Å². The lowest BCUT2D eigenvalue weighted by Gasteiger charge is -2.26. The molecule has 4 heteroatoms. The molecule has 1 N–H and O–H groups in total. The van der Waals surface area contributed by atoms with Crippen molar-refractivity contribution in [1.29, 1.82) is 0 Å². The topological polar surface area (TPSA) is 37.5 Å².